The van der Waals surface area contributed by atoms with Crippen molar-refractivity contribution >= 4 is 12.9 Å². The van der Waals surface area contributed by atoms with Crippen LogP contribution >= 0.6 is 7.60 Å². The molecule has 1 aromatic rings. The lowest BCUT2D eigenvalue weighted by molar-refractivity contribution is 0.264. The van der Waals surface area contributed by atoms with Crippen molar-refractivity contribution < 1.29 is 14.0 Å². The fourth-order valence-electron chi connectivity index (χ4n) is 1.44. The first-order valence-corrected chi connectivity index (χ1v) is 7.11. The Balaban J connectivity index is 2.89. The van der Waals surface area contributed by atoms with E-state index in [0.717, 1.165) is 24.0 Å². The molecule has 0 aliphatic carbocycles. The van der Waals surface area contributed by atoms with Gasteiger partial charge in [0.2, 0.25) is 0 Å². The lowest BCUT2D eigenvalue weighted by atomic mass is 10.1. The molecule has 0 spiro atoms. The summed E-state index contributed by atoms with van der Waals surface area (Å²) in [5, 5.41) is 0.420. The van der Waals surface area contributed by atoms with Gasteiger partial charge in [0.05, 0.1) is 11.9 Å². The normalized spacial score (nSPS) is 14.8. The molecule has 1 rings (SSSR count). The monoisotopic (exact) mass is 242 g/mol. The molecular formula is C12H19O3P. The van der Waals surface area contributed by atoms with Gasteiger partial charge in [-0.15, -0.1) is 0 Å². The predicted molar refractivity (Wildman–Crippen MR) is 66.2 cm³/mol. The zero-order valence-electron chi connectivity index (χ0n) is 10.1. The zero-order chi connectivity index (χ0) is 12.2. The molecule has 0 aromatic heterocycles. The van der Waals surface area contributed by atoms with E-state index >= 15 is 0 Å². The number of rotatable bonds is 5. The number of unbranched alkanes of at least 4 members (excludes halogenated alkanes) is 1. The Hall–Kier alpha value is -0.630. The first-order valence-electron chi connectivity index (χ1n) is 5.53. The molecular weight excluding hydrogens is 223 g/mol. The average molecular weight is 242 g/mol. The van der Waals surface area contributed by atoms with Crippen LogP contribution in [0.1, 0.15) is 30.9 Å². The summed E-state index contributed by atoms with van der Waals surface area (Å²) in [6, 6.07) is 5.36. The molecule has 0 fully saturated rings. The summed E-state index contributed by atoms with van der Waals surface area (Å²) in [6.07, 6.45) is 1.75. The Bertz CT molecular complexity index is 401. The Morgan fingerprint density at radius 1 is 1.38 bits per heavy atom. The van der Waals surface area contributed by atoms with Crippen LogP contribution < -0.4 is 5.30 Å². The average Bonchev–Trinajstić information content (AvgIpc) is 2.22. The van der Waals surface area contributed by atoms with Crippen LogP contribution in [0.3, 0.4) is 0 Å². The van der Waals surface area contributed by atoms with E-state index in [1.54, 1.807) is 12.1 Å². The molecule has 1 aromatic carbocycles. The van der Waals surface area contributed by atoms with E-state index in [-0.39, 0.29) is 0 Å². The molecule has 1 unspecified atom stereocenters. The minimum Gasteiger partial charge on any atom is -0.321 e. The quantitative estimate of drug-likeness (QED) is 0.638. The summed E-state index contributed by atoms with van der Waals surface area (Å²) in [6.45, 7) is 6.11. The molecule has 16 heavy (non-hydrogen) atoms. The second kappa shape index (κ2) is 5.62. The van der Waals surface area contributed by atoms with Crippen molar-refractivity contribution in [3.63, 3.8) is 0 Å². The summed E-state index contributed by atoms with van der Waals surface area (Å²) in [5.41, 5.74) is 1.84. The number of hydrogen-bond donors (Lipinski definition) is 1. The first kappa shape index (κ1) is 13.4. The number of benzene rings is 1. The molecule has 0 saturated carbocycles. The van der Waals surface area contributed by atoms with Crippen LogP contribution in [-0.4, -0.2) is 11.5 Å². The van der Waals surface area contributed by atoms with Crippen LogP contribution in [0.4, 0.5) is 0 Å². The summed E-state index contributed by atoms with van der Waals surface area (Å²) in [7, 11) is -3.64. The van der Waals surface area contributed by atoms with E-state index < -0.39 is 7.60 Å². The van der Waals surface area contributed by atoms with Gasteiger partial charge in [-0.25, -0.2) is 0 Å². The first-order chi connectivity index (χ1) is 7.49. The third kappa shape index (κ3) is 3.18. The van der Waals surface area contributed by atoms with Crippen LogP contribution in [-0.2, 0) is 9.09 Å². The van der Waals surface area contributed by atoms with Gasteiger partial charge >= 0.3 is 7.60 Å². The molecule has 0 radical (unpaired) electrons. The Labute approximate surface area is 97.0 Å². The van der Waals surface area contributed by atoms with E-state index in [2.05, 4.69) is 0 Å². The number of aryl methyl sites for hydroxylation is 1. The van der Waals surface area contributed by atoms with Crippen molar-refractivity contribution in [1.82, 2.24) is 0 Å². The second-order valence-electron chi connectivity index (χ2n) is 3.93. The molecule has 0 amide bonds. The van der Waals surface area contributed by atoms with Gasteiger partial charge in [0.1, 0.15) is 0 Å². The highest BCUT2D eigenvalue weighted by Crippen LogP contribution is 2.42. The van der Waals surface area contributed by atoms with Crippen molar-refractivity contribution in [1.29, 1.82) is 0 Å². The summed E-state index contributed by atoms with van der Waals surface area (Å²) in [4.78, 5) is 9.85. The molecule has 1 atom stereocenters. The van der Waals surface area contributed by atoms with Crippen LogP contribution in [0, 0.1) is 13.8 Å². The zero-order valence-corrected chi connectivity index (χ0v) is 11.0. The van der Waals surface area contributed by atoms with Crippen LogP contribution in [0.15, 0.2) is 18.2 Å². The van der Waals surface area contributed by atoms with Crippen molar-refractivity contribution in [3.05, 3.63) is 29.3 Å². The molecule has 90 valence electrons. The molecule has 4 heteroatoms. The largest absolute Gasteiger partial charge is 0.359 e. The van der Waals surface area contributed by atoms with Crippen LogP contribution in [0.2, 0.25) is 0 Å². The second-order valence-corrected chi connectivity index (χ2v) is 5.71. The minimum atomic E-state index is -3.64. The van der Waals surface area contributed by atoms with E-state index in [1.165, 1.54) is 0 Å². The van der Waals surface area contributed by atoms with E-state index in [4.69, 9.17) is 4.52 Å². The Morgan fingerprint density at radius 3 is 2.69 bits per heavy atom. The highest BCUT2D eigenvalue weighted by Gasteiger charge is 2.24. The van der Waals surface area contributed by atoms with Crippen molar-refractivity contribution in [3.8, 4) is 0 Å². The molecule has 3 nitrogen and oxygen atoms in total. The lowest BCUT2D eigenvalue weighted by Crippen LogP contribution is -2.12. The third-order valence-corrected chi connectivity index (χ3v) is 4.27. The Kier molecular flexibility index (Phi) is 4.72. The van der Waals surface area contributed by atoms with E-state index in [0.29, 0.717) is 11.9 Å². The van der Waals surface area contributed by atoms with Crippen molar-refractivity contribution in [2.24, 2.45) is 0 Å². The summed E-state index contributed by atoms with van der Waals surface area (Å²) in [5.74, 6) is 0. The van der Waals surface area contributed by atoms with Crippen molar-refractivity contribution in [2.75, 3.05) is 6.61 Å². The molecule has 0 saturated heterocycles. The highest BCUT2D eigenvalue weighted by molar-refractivity contribution is 7.61. The van der Waals surface area contributed by atoms with Crippen molar-refractivity contribution in [2.45, 2.75) is 33.6 Å². The SMILES string of the molecule is CCCCOP(=O)(O)c1cccc(C)c1C. The molecule has 0 bridgehead atoms. The maximum absolute atomic E-state index is 12.0. The standard InChI is InChI=1S/C12H19O3P/c1-4-5-9-15-16(13,14)12-8-6-7-10(2)11(12)3/h6-8H,4-5,9H2,1-3H3,(H,13,14). The molecule has 1 N–H and O–H groups in total. The molecule has 0 aliphatic rings. The van der Waals surface area contributed by atoms with E-state index in [1.807, 2.05) is 26.8 Å². The molecule has 0 aliphatic heterocycles. The number of hydrogen-bond acceptors (Lipinski definition) is 2. The predicted octanol–water partition coefficient (Wildman–Crippen LogP) is 2.93. The lowest BCUT2D eigenvalue weighted by Gasteiger charge is -2.15. The van der Waals surface area contributed by atoms with Gasteiger partial charge < -0.3 is 9.42 Å². The Morgan fingerprint density at radius 2 is 2.06 bits per heavy atom. The van der Waals surface area contributed by atoms with Gasteiger partial charge in [0.25, 0.3) is 0 Å². The fraction of sp³-hybridized carbons (Fsp3) is 0.500. The van der Waals surface area contributed by atoms with Gasteiger partial charge in [-0.3, -0.25) is 4.57 Å². The van der Waals surface area contributed by atoms with Crippen LogP contribution in [0.25, 0.3) is 0 Å². The van der Waals surface area contributed by atoms with Gasteiger partial charge in [0.15, 0.2) is 0 Å². The van der Waals surface area contributed by atoms with Gasteiger partial charge in [-0.1, -0.05) is 25.5 Å². The molecule has 0 heterocycles. The van der Waals surface area contributed by atoms with Gasteiger partial charge in [-0.2, -0.15) is 0 Å². The summed E-state index contributed by atoms with van der Waals surface area (Å²) < 4.78 is 17.1. The maximum Gasteiger partial charge on any atom is 0.359 e. The van der Waals surface area contributed by atoms with Gasteiger partial charge in [-0.05, 0) is 37.5 Å². The highest BCUT2D eigenvalue weighted by atomic mass is 31.2. The third-order valence-electron chi connectivity index (χ3n) is 2.64. The van der Waals surface area contributed by atoms with E-state index in [9.17, 15) is 9.46 Å². The maximum atomic E-state index is 12.0. The topological polar surface area (TPSA) is 46.5 Å². The smallest absolute Gasteiger partial charge is 0.321 e. The van der Waals surface area contributed by atoms with Gasteiger partial charge in [0, 0.05) is 0 Å². The minimum absolute atomic E-state index is 0.331. The van der Waals surface area contributed by atoms with Crippen LogP contribution in [0.5, 0.6) is 0 Å². The fourth-order valence-corrected chi connectivity index (χ4v) is 2.83. The summed E-state index contributed by atoms with van der Waals surface area (Å²) >= 11 is 0.